The Bertz CT molecular complexity index is 494. The molecule has 16 heavy (non-hydrogen) atoms. The van der Waals surface area contributed by atoms with Gasteiger partial charge in [-0.2, -0.15) is 0 Å². The van der Waals surface area contributed by atoms with E-state index in [1.807, 2.05) is 19.9 Å². The minimum absolute atomic E-state index is 0.277. The predicted octanol–water partition coefficient (Wildman–Crippen LogP) is 3.63. The lowest BCUT2D eigenvalue weighted by molar-refractivity contribution is 0.457. The van der Waals surface area contributed by atoms with Gasteiger partial charge in [0.2, 0.25) is 5.88 Å². The Labute approximate surface area is 93.7 Å². The van der Waals surface area contributed by atoms with Gasteiger partial charge in [0.05, 0.1) is 0 Å². The number of hydrogen-bond donors (Lipinski definition) is 0. The third kappa shape index (κ3) is 2.37. The average molecular weight is 217 g/mol. The Kier molecular flexibility index (Phi) is 2.86. The number of rotatable bonds is 2. The smallest absolute Gasteiger partial charge is 0.222 e. The van der Waals surface area contributed by atoms with Crippen molar-refractivity contribution in [3.05, 3.63) is 53.5 Å². The third-order valence-corrected chi connectivity index (χ3v) is 2.20. The summed E-state index contributed by atoms with van der Waals surface area (Å²) < 4.78 is 18.2. The van der Waals surface area contributed by atoms with E-state index in [1.165, 1.54) is 12.1 Å². The fourth-order valence-electron chi connectivity index (χ4n) is 1.42. The van der Waals surface area contributed by atoms with Crippen LogP contribution < -0.4 is 4.74 Å². The molecule has 0 unspecified atom stereocenters. The first-order valence-electron chi connectivity index (χ1n) is 5.02. The molecule has 1 heterocycles. The summed E-state index contributed by atoms with van der Waals surface area (Å²) in [6.07, 6.45) is 1.74. The fraction of sp³-hybridized carbons (Fsp3) is 0.154. The van der Waals surface area contributed by atoms with Crippen molar-refractivity contribution in [1.82, 2.24) is 4.98 Å². The highest BCUT2D eigenvalue weighted by atomic mass is 19.1. The van der Waals surface area contributed by atoms with E-state index < -0.39 is 0 Å². The molecule has 0 spiro atoms. The Morgan fingerprint density at radius 2 is 1.81 bits per heavy atom. The first-order chi connectivity index (χ1) is 7.65. The molecule has 82 valence electrons. The molecule has 0 amide bonds. The Morgan fingerprint density at radius 1 is 1.12 bits per heavy atom. The van der Waals surface area contributed by atoms with E-state index in [0.29, 0.717) is 11.6 Å². The van der Waals surface area contributed by atoms with Gasteiger partial charge in [0, 0.05) is 11.8 Å². The SMILES string of the molecule is Cc1cnc(Oc2ccc(F)cc2)c(C)c1. The van der Waals surface area contributed by atoms with Crippen LogP contribution in [0, 0.1) is 19.7 Å². The van der Waals surface area contributed by atoms with Crippen LogP contribution in [0.4, 0.5) is 4.39 Å². The second kappa shape index (κ2) is 4.31. The second-order valence-corrected chi connectivity index (χ2v) is 3.69. The third-order valence-electron chi connectivity index (χ3n) is 2.20. The van der Waals surface area contributed by atoms with Gasteiger partial charge in [-0.25, -0.2) is 9.37 Å². The van der Waals surface area contributed by atoms with E-state index in [-0.39, 0.29) is 5.82 Å². The molecule has 2 aromatic rings. The van der Waals surface area contributed by atoms with Crippen LogP contribution in [0.2, 0.25) is 0 Å². The molecule has 0 fully saturated rings. The molecule has 2 nitrogen and oxygen atoms in total. The molecule has 0 aliphatic carbocycles. The van der Waals surface area contributed by atoms with Crippen molar-refractivity contribution < 1.29 is 9.13 Å². The highest BCUT2D eigenvalue weighted by Gasteiger charge is 2.03. The molecular weight excluding hydrogens is 205 g/mol. The van der Waals surface area contributed by atoms with Crippen LogP contribution >= 0.6 is 0 Å². The number of halogens is 1. The molecule has 0 bridgehead atoms. The van der Waals surface area contributed by atoms with Gasteiger partial charge in [-0.05, 0) is 49.7 Å². The Morgan fingerprint density at radius 3 is 2.44 bits per heavy atom. The number of nitrogens with zero attached hydrogens (tertiary/aromatic N) is 1. The summed E-state index contributed by atoms with van der Waals surface area (Å²) in [6.45, 7) is 3.90. The zero-order valence-corrected chi connectivity index (χ0v) is 9.20. The van der Waals surface area contributed by atoms with E-state index in [1.54, 1.807) is 18.3 Å². The van der Waals surface area contributed by atoms with Crippen LogP contribution in [0.25, 0.3) is 0 Å². The molecule has 0 atom stereocenters. The van der Waals surface area contributed by atoms with E-state index in [0.717, 1.165) is 11.1 Å². The Hall–Kier alpha value is -1.90. The lowest BCUT2D eigenvalue weighted by atomic mass is 10.2. The molecular formula is C13H12FNO. The maximum absolute atomic E-state index is 12.7. The number of aryl methyl sites for hydroxylation is 2. The van der Waals surface area contributed by atoms with Gasteiger partial charge in [0.25, 0.3) is 0 Å². The maximum atomic E-state index is 12.7. The van der Waals surface area contributed by atoms with Gasteiger partial charge in [-0.3, -0.25) is 0 Å². The highest BCUT2D eigenvalue weighted by molar-refractivity contribution is 5.33. The average Bonchev–Trinajstić information content (AvgIpc) is 2.25. The topological polar surface area (TPSA) is 22.1 Å². The monoisotopic (exact) mass is 217 g/mol. The van der Waals surface area contributed by atoms with E-state index in [9.17, 15) is 4.39 Å². The van der Waals surface area contributed by atoms with Crippen LogP contribution in [0.1, 0.15) is 11.1 Å². The normalized spacial score (nSPS) is 10.2. The van der Waals surface area contributed by atoms with Crippen molar-refractivity contribution in [2.24, 2.45) is 0 Å². The predicted molar refractivity (Wildman–Crippen MR) is 60.2 cm³/mol. The van der Waals surface area contributed by atoms with E-state index >= 15 is 0 Å². The molecule has 0 radical (unpaired) electrons. The van der Waals surface area contributed by atoms with Crippen LogP contribution in [-0.4, -0.2) is 4.98 Å². The maximum Gasteiger partial charge on any atom is 0.222 e. The van der Waals surface area contributed by atoms with Gasteiger partial charge >= 0.3 is 0 Å². The first-order valence-corrected chi connectivity index (χ1v) is 5.02. The summed E-state index contributed by atoms with van der Waals surface area (Å²) in [4.78, 5) is 4.18. The molecule has 2 rings (SSSR count). The zero-order chi connectivity index (χ0) is 11.5. The molecule has 3 heteroatoms. The van der Waals surface area contributed by atoms with Crippen LogP contribution in [0.15, 0.2) is 36.5 Å². The lowest BCUT2D eigenvalue weighted by Gasteiger charge is -2.07. The minimum Gasteiger partial charge on any atom is -0.439 e. The van der Waals surface area contributed by atoms with Crippen molar-refractivity contribution in [2.75, 3.05) is 0 Å². The lowest BCUT2D eigenvalue weighted by Crippen LogP contribution is -1.92. The largest absolute Gasteiger partial charge is 0.439 e. The second-order valence-electron chi connectivity index (χ2n) is 3.69. The quantitative estimate of drug-likeness (QED) is 0.766. The summed E-state index contributed by atoms with van der Waals surface area (Å²) >= 11 is 0. The van der Waals surface area contributed by atoms with Crippen LogP contribution in [0.3, 0.4) is 0 Å². The van der Waals surface area contributed by atoms with Gasteiger partial charge in [0.1, 0.15) is 11.6 Å². The summed E-state index contributed by atoms with van der Waals surface area (Å²) in [6, 6.07) is 7.87. The number of benzene rings is 1. The van der Waals surface area contributed by atoms with E-state index in [4.69, 9.17) is 4.74 Å². The minimum atomic E-state index is -0.277. The van der Waals surface area contributed by atoms with Crippen molar-refractivity contribution in [3.63, 3.8) is 0 Å². The molecule has 0 N–H and O–H groups in total. The van der Waals surface area contributed by atoms with Crippen molar-refractivity contribution in [3.8, 4) is 11.6 Å². The summed E-state index contributed by atoms with van der Waals surface area (Å²) in [7, 11) is 0. The highest BCUT2D eigenvalue weighted by Crippen LogP contribution is 2.22. The number of pyridine rings is 1. The summed E-state index contributed by atoms with van der Waals surface area (Å²) in [5.74, 6) is 0.860. The van der Waals surface area contributed by atoms with Crippen molar-refractivity contribution in [1.29, 1.82) is 0 Å². The van der Waals surface area contributed by atoms with Gasteiger partial charge in [-0.1, -0.05) is 0 Å². The molecule has 0 saturated carbocycles. The molecule has 1 aromatic heterocycles. The van der Waals surface area contributed by atoms with Crippen molar-refractivity contribution >= 4 is 0 Å². The van der Waals surface area contributed by atoms with Crippen LogP contribution in [0.5, 0.6) is 11.6 Å². The van der Waals surface area contributed by atoms with Gasteiger partial charge in [0.15, 0.2) is 0 Å². The number of ether oxygens (including phenoxy) is 1. The standard InChI is InChI=1S/C13H12FNO/c1-9-7-10(2)13(15-8-9)16-12-5-3-11(14)4-6-12/h3-8H,1-2H3. The zero-order valence-electron chi connectivity index (χ0n) is 9.20. The first kappa shape index (κ1) is 10.6. The van der Waals surface area contributed by atoms with Crippen LogP contribution in [-0.2, 0) is 0 Å². The molecule has 0 aliphatic rings. The van der Waals surface area contributed by atoms with E-state index in [2.05, 4.69) is 4.98 Å². The number of aromatic nitrogens is 1. The molecule has 0 saturated heterocycles. The molecule has 0 aliphatic heterocycles. The molecule has 1 aromatic carbocycles. The number of hydrogen-bond acceptors (Lipinski definition) is 2. The summed E-state index contributed by atoms with van der Waals surface area (Å²) in [5.41, 5.74) is 2.05. The Balaban J connectivity index is 2.23. The summed E-state index contributed by atoms with van der Waals surface area (Å²) in [5, 5.41) is 0. The van der Waals surface area contributed by atoms with Crippen molar-refractivity contribution in [2.45, 2.75) is 13.8 Å². The fourth-order valence-corrected chi connectivity index (χ4v) is 1.42. The van der Waals surface area contributed by atoms with Gasteiger partial charge < -0.3 is 4.74 Å². The van der Waals surface area contributed by atoms with Gasteiger partial charge in [-0.15, -0.1) is 0 Å².